The lowest BCUT2D eigenvalue weighted by molar-refractivity contribution is 0.279. The third-order valence-electron chi connectivity index (χ3n) is 3.85. The van der Waals surface area contributed by atoms with Crippen LogP contribution in [0.3, 0.4) is 0 Å². The normalized spacial score (nSPS) is 20.4. The van der Waals surface area contributed by atoms with Gasteiger partial charge in [-0.2, -0.15) is 0 Å². The number of pyridine rings is 1. The van der Waals surface area contributed by atoms with Crippen LogP contribution in [0, 0.1) is 0 Å². The van der Waals surface area contributed by atoms with Gasteiger partial charge in [-0.1, -0.05) is 17.7 Å². The second-order valence-corrected chi connectivity index (χ2v) is 5.86. The highest BCUT2D eigenvalue weighted by atomic mass is 15.1. The van der Waals surface area contributed by atoms with Crippen LogP contribution in [-0.2, 0) is 13.1 Å². The molecule has 3 heteroatoms. The Hall–Kier alpha value is -1.19. The summed E-state index contributed by atoms with van der Waals surface area (Å²) in [5.41, 5.74) is 3.96. The van der Waals surface area contributed by atoms with E-state index in [4.69, 9.17) is 0 Å². The van der Waals surface area contributed by atoms with Gasteiger partial charge in [0, 0.05) is 38.4 Å². The van der Waals surface area contributed by atoms with Gasteiger partial charge in [0.1, 0.15) is 0 Å². The first kappa shape index (κ1) is 12.8. The Bertz CT molecular complexity index is 446. The van der Waals surface area contributed by atoms with Crippen LogP contribution in [0.2, 0.25) is 0 Å². The largest absolute Gasteiger partial charge is 0.310 e. The molecule has 1 aliphatic carbocycles. The van der Waals surface area contributed by atoms with Crippen LogP contribution in [0.25, 0.3) is 0 Å². The average molecular weight is 257 g/mol. The molecular weight excluding hydrogens is 234 g/mol. The van der Waals surface area contributed by atoms with E-state index in [0.29, 0.717) is 0 Å². The molecule has 2 heterocycles. The maximum Gasteiger partial charge on any atom is 0.0544 e. The SMILES string of the molecule is CC1=CCCN(Cc2ccc(CNC3CC3)cn2)C1. The zero-order valence-corrected chi connectivity index (χ0v) is 11.7. The van der Waals surface area contributed by atoms with Gasteiger partial charge in [0.15, 0.2) is 0 Å². The van der Waals surface area contributed by atoms with Crippen molar-refractivity contribution in [2.45, 2.75) is 45.3 Å². The minimum atomic E-state index is 0.766. The molecule has 0 aromatic carbocycles. The molecule has 1 aromatic rings. The van der Waals surface area contributed by atoms with Crippen LogP contribution in [0.4, 0.5) is 0 Å². The van der Waals surface area contributed by atoms with Gasteiger partial charge in [-0.15, -0.1) is 0 Å². The first-order chi connectivity index (χ1) is 9.29. The molecule has 2 aliphatic rings. The monoisotopic (exact) mass is 257 g/mol. The van der Waals surface area contributed by atoms with Gasteiger partial charge in [-0.05, 0) is 37.8 Å². The van der Waals surface area contributed by atoms with E-state index in [-0.39, 0.29) is 0 Å². The maximum absolute atomic E-state index is 4.60. The highest BCUT2D eigenvalue weighted by Crippen LogP contribution is 2.19. The van der Waals surface area contributed by atoms with Crippen molar-refractivity contribution in [2.24, 2.45) is 0 Å². The number of rotatable bonds is 5. The van der Waals surface area contributed by atoms with Crippen molar-refractivity contribution in [3.63, 3.8) is 0 Å². The third-order valence-corrected chi connectivity index (χ3v) is 3.85. The van der Waals surface area contributed by atoms with E-state index in [2.05, 4.69) is 40.3 Å². The molecule has 1 saturated carbocycles. The lowest BCUT2D eigenvalue weighted by Crippen LogP contribution is -2.29. The molecule has 19 heavy (non-hydrogen) atoms. The van der Waals surface area contributed by atoms with Crippen LogP contribution in [0.1, 0.15) is 37.4 Å². The lowest BCUT2D eigenvalue weighted by Gasteiger charge is -2.25. The fourth-order valence-electron chi connectivity index (χ4n) is 2.56. The fourth-order valence-corrected chi connectivity index (χ4v) is 2.56. The van der Waals surface area contributed by atoms with Crippen molar-refractivity contribution in [1.29, 1.82) is 0 Å². The van der Waals surface area contributed by atoms with Crippen LogP contribution >= 0.6 is 0 Å². The quantitative estimate of drug-likeness (QED) is 0.821. The van der Waals surface area contributed by atoms with E-state index in [1.165, 1.54) is 36.1 Å². The van der Waals surface area contributed by atoms with Crippen molar-refractivity contribution >= 4 is 0 Å². The molecule has 0 radical (unpaired) electrons. The predicted octanol–water partition coefficient (Wildman–Crippen LogP) is 2.49. The maximum atomic E-state index is 4.60. The smallest absolute Gasteiger partial charge is 0.0544 e. The predicted molar refractivity (Wildman–Crippen MR) is 77.7 cm³/mol. The van der Waals surface area contributed by atoms with Gasteiger partial charge in [-0.3, -0.25) is 9.88 Å². The Balaban J connectivity index is 1.51. The minimum Gasteiger partial charge on any atom is -0.310 e. The molecule has 1 aromatic heterocycles. The highest BCUT2D eigenvalue weighted by Gasteiger charge is 2.19. The molecule has 1 aliphatic heterocycles. The van der Waals surface area contributed by atoms with E-state index < -0.39 is 0 Å². The molecule has 0 unspecified atom stereocenters. The first-order valence-electron chi connectivity index (χ1n) is 7.35. The van der Waals surface area contributed by atoms with Crippen molar-refractivity contribution in [3.05, 3.63) is 41.2 Å². The molecule has 0 bridgehead atoms. The summed E-state index contributed by atoms with van der Waals surface area (Å²) < 4.78 is 0. The number of aromatic nitrogens is 1. The summed E-state index contributed by atoms with van der Waals surface area (Å²) in [5.74, 6) is 0. The van der Waals surface area contributed by atoms with Crippen LogP contribution in [0.5, 0.6) is 0 Å². The zero-order chi connectivity index (χ0) is 13.1. The summed E-state index contributed by atoms with van der Waals surface area (Å²) in [7, 11) is 0. The van der Waals surface area contributed by atoms with Crippen LogP contribution in [-0.4, -0.2) is 29.0 Å². The summed E-state index contributed by atoms with van der Waals surface area (Å²) in [6.45, 7) is 6.40. The molecule has 102 valence electrons. The van der Waals surface area contributed by atoms with Crippen molar-refractivity contribution < 1.29 is 0 Å². The Morgan fingerprint density at radius 1 is 1.37 bits per heavy atom. The van der Waals surface area contributed by atoms with Gasteiger partial charge >= 0.3 is 0 Å². The van der Waals surface area contributed by atoms with Gasteiger partial charge in [-0.25, -0.2) is 0 Å². The summed E-state index contributed by atoms with van der Waals surface area (Å²) in [5, 5.41) is 3.52. The van der Waals surface area contributed by atoms with Crippen molar-refractivity contribution in [1.82, 2.24) is 15.2 Å². The fraction of sp³-hybridized carbons (Fsp3) is 0.562. The second kappa shape index (κ2) is 5.85. The molecular formula is C16H23N3. The topological polar surface area (TPSA) is 28.2 Å². The molecule has 1 N–H and O–H groups in total. The molecule has 0 atom stereocenters. The molecule has 3 rings (SSSR count). The average Bonchev–Trinajstić information content (AvgIpc) is 3.22. The van der Waals surface area contributed by atoms with Gasteiger partial charge in [0.25, 0.3) is 0 Å². The Kier molecular flexibility index (Phi) is 3.95. The molecule has 0 amide bonds. The number of nitrogens with zero attached hydrogens (tertiary/aromatic N) is 2. The summed E-state index contributed by atoms with van der Waals surface area (Å²) in [6.07, 6.45) is 8.23. The van der Waals surface area contributed by atoms with E-state index >= 15 is 0 Å². The first-order valence-corrected chi connectivity index (χ1v) is 7.35. The minimum absolute atomic E-state index is 0.766. The summed E-state index contributed by atoms with van der Waals surface area (Å²) >= 11 is 0. The Labute approximate surface area is 115 Å². The zero-order valence-electron chi connectivity index (χ0n) is 11.7. The number of nitrogens with one attached hydrogen (secondary N) is 1. The molecule has 0 spiro atoms. The van der Waals surface area contributed by atoms with E-state index in [1.807, 2.05) is 6.20 Å². The highest BCUT2D eigenvalue weighted by molar-refractivity contribution is 5.15. The second-order valence-electron chi connectivity index (χ2n) is 5.86. The van der Waals surface area contributed by atoms with Gasteiger partial charge in [0.2, 0.25) is 0 Å². The van der Waals surface area contributed by atoms with E-state index in [9.17, 15) is 0 Å². The molecule has 1 fully saturated rings. The standard InChI is InChI=1S/C16H23N3/c1-13-3-2-8-19(11-13)12-16-5-4-14(10-18-16)9-17-15-6-7-15/h3-5,10,15,17H,2,6-9,11-12H2,1H3. The summed E-state index contributed by atoms with van der Waals surface area (Å²) in [4.78, 5) is 7.07. The van der Waals surface area contributed by atoms with Crippen molar-refractivity contribution in [2.75, 3.05) is 13.1 Å². The molecule has 0 saturated heterocycles. The number of hydrogen-bond acceptors (Lipinski definition) is 3. The van der Waals surface area contributed by atoms with Crippen LogP contribution in [0.15, 0.2) is 30.0 Å². The lowest BCUT2D eigenvalue weighted by atomic mass is 10.1. The Morgan fingerprint density at radius 2 is 2.26 bits per heavy atom. The van der Waals surface area contributed by atoms with Crippen molar-refractivity contribution in [3.8, 4) is 0 Å². The number of hydrogen-bond donors (Lipinski definition) is 1. The van der Waals surface area contributed by atoms with Gasteiger partial charge < -0.3 is 5.32 Å². The van der Waals surface area contributed by atoms with E-state index in [1.54, 1.807) is 0 Å². The third kappa shape index (κ3) is 3.88. The van der Waals surface area contributed by atoms with Crippen LogP contribution < -0.4 is 5.32 Å². The Morgan fingerprint density at radius 3 is 2.95 bits per heavy atom. The molecule has 3 nitrogen and oxygen atoms in total. The van der Waals surface area contributed by atoms with E-state index in [0.717, 1.165) is 32.2 Å². The summed E-state index contributed by atoms with van der Waals surface area (Å²) in [6, 6.07) is 5.16. The van der Waals surface area contributed by atoms with Gasteiger partial charge in [0.05, 0.1) is 5.69 Å².